The fraction of sp³-hybridized carbons (Fsp3) is 0.185. The monoisotopic (exact) mass is 443 g/mol. The molecule has 4 aromatic rings. The first-order chi connectivity index (χ1) is 15.8. The van der Waals surface area contributed by atoms with Crippen molar-refractivity contribution in [3.05, 3.63) is 119 Å². The molecular weight excluding hydrogens is 418 g/mol. The van der Waals surface area contributed by atoms with Crippen LogP contribution >= 0.6 is 11.6 Å². The SMILES string of the molecule is Clc1ccc(CCNCc2ccc(-c3cncnc3COCc3ccccc3)cc2)cc1. The summed E-state index contributed by atoms with van der Waals surface area (Å²) in [4.78, 5) is 8.66. The van der Waals surface area contributed by atoms with E-state index in [1.54, 1.807) is 6.33 Å². The highest BCUT2D eigenvalue weighted by Crippen LogP contribution is 2.23. The molecule has 0 aliphatic carbocycles. The molecule has 0 amide bonds. The Bertz CT molecular complexity index is 1100. The molecule has 0 aliphatic rings. The zero-order valence-corrected chi connectivity index (χ0v) is 18.6. The molecule has 162 valence electrons. The molecule has 0 bridgehead atoms. The molecule has 1 heterocycles. The third kappa shape index (κ3) is 6.47. The minimum absolute atomic E-state index is 0.445. The Balaban J connectivity index is 1.30. The van der Waals surface area contributed by atoms with Gasteiger partial charge >= 0.3 is 0 Å². The topological polar surface area (TPSA) is 47.0 Å². The van der Waals surface area contributed by atoms with Gasteiger partial charge in [0, 0.05) is 23.3 Å². The first kappa shape index (κ1) is 22.2. The summed E-state index contributed by atoms with van der Waals surface area (Å²) in [5.74, 6) is 0. The fourth-order valence-electron chi connectivity index (χ4n) is 3.47. The van der Waals surface area contributed by atoms with Gasteiger partial charge in [0.25, 0.3) is 0 Å². The molecule has 32 heavy (non-hydrogen) atoms. The number of ether oxygens (including phenoxy) is 1. The summed E-state index contributed by atoms with van der Waals surface area (Å²) in [6.07, 6.45) is 4.40. The summed E-state index contributed by atoms with van der Waals surface area (Å²) >= 11 is 5.94. The standard InChI is InChI=1S/C27H26ClN3O/c28-25-12-8-21(9-13-25)14-15-29-16-22-6-10-24(11-7-22)26-17-30-20-31-27(26)19-32-18-23-4-2-1-3-5-23/h1-13,17,20,29H,14-16,18-19H2. The van der Waals surface area contributed by atoms with E-state index in [0.717, 1.165) is 46.9 Å². The van der Waals surface area contributed by atoms with Crippen molar-refractivity contribution in [1.29, 1.82) is 0 Å². The summed E-state index contributed by atoms with van der Waals surface area (Å²) in [5.41, 5.74) is 6.66. The zero-order valence-electron chi connectivity index (χ0n) is 17.9. The lowest BCUT2D eigenvalue weighted by Crippen LogP contribution is -2.16. The van der Waals surface area contributed by atoms with Gasteiger partial charge in [-0.1, -0.05) is 78.3 Å². The van der Waals surface area contributed by atoms with Crippen molar-refractivity contribution in [2.45, 2.75) is 26.2 Å². The first-order valence-electron chi connectivity index (χ1n) is 10.7. The lowest BCUT2D eigenvalue weighted by atomic mass is 10.0. The van der Waals surface area contributed by atoms with E-state index in [-0.39, 0.29) is 0 Å². The molecule has 1 N–H and O–H groups in total. The second-order valence-electron chi connectivity index (χ2n) is 7.61. The number of nitrogens with one attached hydrogen (secondary N) is 1. The number of benzene rings is 3. The van der Waals surface area contributed by atoms with Crippen LogP contribution in [0.3, 0.4) is 0 Å². The van der Waals surface area contributed by atoms with Gasteiger partial charge in [-0.2, -0.15) is 0 Å². The third-order valence-electron chi connectivity index (χ3n) is 5.24. The van der Waals surface area contributed by atoms with E-state index >= 15 is 0 Å². The molecule has 3 aromatic carbocycles. The van der Waals surface area contributed by atoms with E-state index in [1.807, 2.05) is 36.5 Å². The molecule has 0 saturated heterocycles. The second kappa shape index (κ2) is 11.5. The van der Waals surface area contributed by atoms with Crippen LogP contribution < -0.4 is 5.32 Å². The molecule has 0 spiro atoms. The van der Waals surface area contributed by atoms with Crippen molar-refractivity contribution in [3.8, 4) is 11.1 Å². The van der Waals surface area contributed by atoms with Crippen molar-refractivity contribution in [2.24, 2.45) is 0 Å². The van der Waals surface area contributed by atoms with Gasteiger partial charge in [0.2, 0.25) is 0 Å². The van der Waals surface area contributed by atoms with Crippen molar-refractivity contribution in [3.63, 3.8) is 0 Å². The lowest BCUT2D eigenvalue weighted by molar-refractivity contribution is 0.105. The van der Waals surface area contributed by atoms with Crippen LogP contribution in [0.1, 0.15) is 22.4 Å². The molecule has 5 heteroatoms. The Morgan fingerprint density at radius 1 is 0.781 bits per heavy atom. The van der Waals surface area contributed by atoms with E-state index < -0.39 is 0 Å². The Hall–Kier alpha value is -3.05. The van der Waals surface area contributed by atoms with E-state index in [4.69, 9.17) is 16.3 Å². The lowest BCUT2D eigenvalue weighted by Gasteiger charge is -2.10. The van der Waals surface area contributed by atoms with E-state index in [2.05, 4.69) is 63.8 Å². The molecule has 0 unspecified atom stereocenters. The minimum atomic E-state index is 0.445. The van der Waals surface area contributed by atoms with Crippen LogP contribution in [0, 0.1) is 0 Å². The van der Waals surface area contributed by atoms with Gasteiger partial charge in [-0.15, -0.1) is 0 Å². The average Bonchev–Trinajstić information content (AvgIpc) is 2.84. The Labute approximate surface area is 194 Å². The normalized spacial score (nSPS) is 10.9. The van der Waals surface area contributed by atoms with Crippen LogP contribution in [0.15, 0.2) is 91.4 Å². The molecule has 4 rings (SSSR count). The van der Waals surface area contributed by atoms with Gasteiger partial charge in [-0.05, 0) is 47.4 Å². The molecule has 0 radical (unpaired) electrons. The molecule has 0 fully saturated rings. The summed E-state index contributed by atoms with van der Waals surface area (Å²) in [7, 11) is 0. The maximum absolute atomic E-state index is 5.94. The van der Waals surface area contributed by atoms with Crippen molar-refractivity contribution < 1.29 is 4.74 Å². The first-order valence-corrected chi connectivity index (χ1v) is 11.1. The third-order valence-corrected chi connectivity index (χ3v) is 5.49. The largest absolute Gasteiger partial charge is 0.370 e. The maximum atomic E-state index is 5.94. The number of halogens is 1. The van der Waals surface area contributed by atoms with Gasteiger partial charge in [0.1, 0.15) is 6.33 Å². The number of nitrogens with zero attached hydrogens (tertiary/aromatic N) is 2. The van der Waals surface area contributed by atoms with Crippen LogP contribution in [0.5, 0.6) is 0 Å². The zero-order chi connectivity index (χ0) is 22.0. The van der Waals surface area contributed by atoms with Gasteiger partial charge in [0.05, 0.1) is 18.9 Å². The fourth-order valence-corrected chi connectivity index (χ4v) is 3.60. The predicted octanol–water partition coefficient (Wildman–Crippen LogP) is 5.85. The van der Waals surface area contributed by atoms with Gasteiger partial charge in [-0.25, -0.2) is 9.97 Å². The highest BCUT2D eigenvalue weighted by atomic mass is 35.5. The smallest absolute Gasteiger partial charge is 0.115 e. The highest BCUT2D eigenvalue weighted by Gasteiger charge is 2.08. The Kier molecular flexibility index (Phi) is 7.99. The number of hydrogen-bond acceptors (Lipinski definition) is 4. The van der Waals surface area contributed by atoms with Crippen LogP contribution in [0.4, 0.5) is 0 Å². The molecule has 0 saturated carbocycles. The molecule has 4 nitrogen and oxygen atoms in total. The number of aromatic nitrogens is 2. The molecule has 0 atom stereocenters. The van der Waals surface area contributed by atoms with Gasteiger partial charge in [0.15, 0.2) is 0 Å². The predicted molar refractivity (Wildman–Crippen MR) is 129 cm³/mol. The van der Waals surface area contributed by atoms with Crippen LogP contribution in [0.25, 0.3) is 11.1 Å². The number of rotatable bonds is 10. The van der Waals surface area contributed by atoms with E-state index in [9.17, 15) is 0 Å². The minimum Gasteiger partial charge on any atom is -0.370 e. The Morgan fingerprint density at radius 3 is 2.31 bits per heavy atom. The van der Waals surface area contributed by atoms with Gasteiger partial charge < -0.3 is 10.1 Å². The van der Waals surface area contributed by atoms with Crippen molar-refractivity contribution in [2.75, 3.05) is 6.54 Å². The summed E-state index contributed by atoms with van der Waals surface area (Å²) in [6, 6.07) is 26.7. The molecular formula is C27H26ClN3O. The summed E-state index contributed by atoms with van der Waals surface area (Å²) < 4.78 is 5.89. The van der Waals surface area contributed by atoms with E-state index in [0.29, 0.717) is 13.2 Å². The maximum Gasteiger partial charge on any atom is 0.115 e. The quantitative estimate of drug-likeness (QED) is 0.312. The Morgan fingerprint density at radius 2 is 1.53 bits per heavy atom. The molecule has 1 aromatic heterocycles. The van der Waals surface area contributed by atoms with Crippen molar-refractivity contribution in [1.82, 2.24) is 15.3 Å². The highest BCUT2D eigenvalue weighted by molar-refractivity contribution is 6.30. The van der Waals surface area contributed by atoms with Crippen molar-refractivity contribution >= 4 is 11.6 Å². The van der Waals surface area contributed by atoms with Crippen LogP contribution in [-0.4, -0.2) is 16.5 Å². The van der Waals surface area contributed by atoms with Gasteiger partial charge in [-0.3, -0.25) is 0 Å². The van der Waals surface area contributed by atoms with E-state index in [1.165, 1.54) is 11.1 Å². The summed E-state index contributed by atoms with van der Waals surface area (Å²) in [5, 5.41) is 4.28. The van der Waals surface area contributed by atoms with Crippen LogP contribution in [-0.2, 0) is 30.9 Å². The second-order valence-corrected chi connectivity index (χ2v) is 8.05. The number of hydrogen-bond donors (Lipinski definition) is 1. The van der Waals surface area contributed by atoms with Crippen LogP contribution in [0.2, 0.25) is 5.02 Å². The average molecular weight is 444 g/mol. The summed E-state index contributed by atoms with van der Waals surface area (Å²) in [6.45, 7) is 2.75. The molecule has 0 aliphatic heterocycles.